The summed E-state index contributed by atoms with van der Waals surface area (Å²) in [5.74, 6) is 1.31. The van der Waals surface area contributed by atoms with Crippen molar-refractivity contribution in [2.75, 3.05) is 45.4 Å². The van der Waals surface area contributed by atoms with E-state index in [9.17, 15) is 4.79 Å². The molecule has 1 fully saturated rings. The van der Waals surface area contributed by atoms with E-state index in [0.717, 1.165) is 41.0 Å². The zero-order chi connectivity index (χ0) is 23.7. The van der Waals surface area contributed by atoms with E-state index in [1.807, 2.05) is 61.5 Å². The summed E-state index contributed by atoms with van der Waals surface area (Å²) in [5.41, 5.74) is 4.12. The maximum Gasteiger partial charge on any atom is 0.279 e. The van der Waals surface area contributed by atoms with E-state index >= 15 is 0 Å². The van der Waals surface area contributed by atoms with Crippen LogP contribution in [0.4, 0.5) is 5.69 Å². The molecule has 1 aromatic heterocycles. The lowest BCUT2D eigenvalue weighted by Gasteiger charge is -2.29. The van der Waals surface area contributed by atoms with Crippen LogP contribution in [-0.2, 0) is 4.74 Å². The summed E-state index contributed by atoms with van der Waals surface area (Å²) in [6, 6.07) is 19.4. The van der Waals surface area contributed by atoms with E-state index in [2.05, 4.69) is 11.0 Å². The van der Waals surface area contributed by atoms with Gasteiger partial charge in [0.15, 0.2) is 0 Å². The van der Waals surface area contributed by atoms with Gasteiger partial charge in [0.1, 0.15) is 11.5 Å². The summed E-state index contributed by atoms with van der Waals surface area (Å²) in [7, 11) is 3.23. The van der Waals surface area contributed by atoms with Crippen molar-refractivity contribution in [2.45, 2.75) is 6.92 Å². The molecular formula is C27H27N3O4. The average molecular weight is 458 g/mol. The Kier molecular flexibility index (Phi) is 5.94. The first-order valence-electron chi connectivity index (χ1n) is 11.3. The number of aryl methyl sites for hydroxylation is 1. The minimum atomic E-state index is -0.156. The molecule has 0 spiro atoms. The fourth-order valence-corrected chi connectivity index (χ4v) is 4.35. The second-order valence-corrected chi connectivity index (χ2v) is 8.28. The zero-order valence-electron chi connectivity index (χ0n) is 19.6. The van der Waals surface area contributed by atoms with Crippen LogP contribution >= 0.6 is 0 Å². The molecule has 3 aromatic carbocycles. The summed E-state index contributed by atoms with van der Waals surface area (Å²) >= 11 is 0. The quantitative estimate of drug-likeness (QED) is 0.447. The van der Waals surface area contributed by atoms with Crippen LogP contribution in [-0.4, -0.2) is 50.3 Å². The number of benzene rings is 3. The minimum absolute atomic E-state index is 0.156. The number of morpholine rings is 1. The number of rotatable bonds is 5. The third-order valence-corrected chi connectivity index (χ3v) is 6.23. The maximum atomic E-state index is 13.6. The number of fused-ring (bicyclic) bond motifs is 1. The third-order valence-electron chi connectivity index (χ3n) is 6.23. The molecule has 0 unspecified atom stereocenters. The molecule has 0 radical (unpaired) electrons. The highest BCUT2D eigenvalue weighted by Gasteiger charge is 2.18. The first kappa shape index (κ1) is 22.0. The second kappa shape index (κ2) is 9.19. The molecule has 1 aliphatic heterocycles. The maximum absolute atomic E-state index is 13.6. The van der Waals surface area contributed by atoms with Crippen molar-refractivity contribution in [1.82, 2.24) is 9.78 Å². The van der Waals surface area contributed by atoms with Gasteiger partial charge in [-0.1, -0.05) is 24.3 Å². The average Bonchev–Trinajstić information content (AvgIpc) is 2.89. The van der Waals surface area contributed by atoms with Crippen LogP contribution in [0.3, 0.4) is 0 Å². The monoisotopic (exact) mass is 457 g/mol. The molecule has 34 heavy (non-hydrogen) atoms. The predicted octanol–water partition coefficient (Wildman–Crippen LogP) is 4.21. The SMILES string of the molecule is COc1cc(OC)cc(-c2nn(-c3cc(N4CCOCC4)ccc3C)c(=O)c3ccccc23)c1. The molecule has 0 aliphatic carbocycles. The molecule has 2 heterocycles. The van der Waals surface area contributed by atoms with Crippen molar-refractivity contribution in [2.24, 2.45) is 0 Å². The van der Waals surface area contributed by atoms with Gasteiger partial charge in [-0.15, -0.1) is 0 Å². The summed E-state index contributed by atoms with van der Waals surface area (Å²) < 4.78 is 18.0. The molecule has 1 saturated heterocycles. The van der Waals surface area contributed by atoms with Gasteiger partial charge in [-0.05, 0) is 42.8 Å². The highest BCUT2D eigenvalue weighted by Crippen LogP contribution is 2.32. The van der Waals surface area contributed by atoms with Crippen molar-refractivity contribution in [3.05, 3.63) is 76.6 Å². The lowest BCUT2D eigenvalue weighted by molar-refractivity contribution is 0.122. The van der Waals surface area contributed by atoms with Crippen LogP contribution in [0.15, 0.2) is 65.5 Å². The summed E-state index contributed by atoms with van der Waals surface area (Å²) in [5, 5.41) is 6.27. The minimum Gasteiger partial charge on any atom is -0.497 e. The molecule has 7 heteroatoms. The van der Waals surface area contributed by atoms with Gasteiger partial charge in [0.25, 0.3) is 5.56 Å². The third kappa shape index (κ3) is 3.99. The van der Waals surface area contributed by atoms with Gasteiger partial charge in [0.2, 0.25) is 0 Å². The number of anilines is 1. The van der Waals surface area contributed by atoms with Crippen molar-refractivity contribution in [3.63, 3.8) is 0 Å². The number of ether oxygens (including phenoxy) is 3. The Bertz CT molecular complexity index is 1380. The normalized spacial score (nSPS) is 13.8. The van der Waals surface area contributed by atoms with Gasteiger partial charge in [-0.25, -0.2) is 0 Å². The molecule has 0 atom stereocenters. The lowest BCUT2D eigenvalue weighted by atomic mass is 10.0. The summed E-state index contributed by atoms with van der Waals surface area (Å²) in [4.78, 5) is 15.9. The van der Waals surface area contributed by atoms with Crippen LogP contribution in [0.5, 0.6) is 11.5 Å². The Labute approximate surface area is 198 Å². The van der Waals surface area contributed by atoms with Gasteiger partial charge < -0.3 is 19.1 Å². The van der Waals surface area contributed by atoms with Crippen LogP contribution < -0.4 is 19.9 Å². The van der Waals surface area contributed by atoms with Gasteiger partial charge in [-0.2, -0.15) is 9.78 Å². The van der Waals surface area contributed by atoms with Crippen molar-refractivity contribution >= 4 is 16.5 Å². The van der Waals surface area contributed by atoms with Crippen LogP contribution in [0.1, 0.15) is 5.56 Å². The molecule has 7 nitrogen and oxygen atoms in total. The Balaban J connectivity index is 1.74. The van der Waals surface area contributed by atoms with E-state index in [1.165, 1.54) is 4.68 Å². The molecule has 5 rings (SSSR count). The number of aromatic nitrogens is 2. The molecule has 174 valence electrons. The Morgan fingerprint density at radius 2 is 1.56 bits per heavy atom. The van der Waals surface area contributed by atoms with Crippen molar-refractivity contribution in [3.8, 4) is 28.4 Å². The zero-order valence-corrected chi connectivity index (χ0v) is 19.6. The van der Waals surface area contributed by atoms with Gasteiger partial charge >= 0.3 is 0 Å². The predicted molar refractivity (Wildman–Crippen MR) is 134 cm³/mol. The largest absolute Gasteiger partial charge is 0.497 e. The Hall–Kier alpha value is -3.84. The molecule has 0 amide bonds. The van der Waals surface area contributed by atoms with Gasteiger partial charge in [-0.3, -0.25) is 4.79 Å². The highest BCUT2D eigenvalue weighted by atomic mass is 16.5. The molecular weight excluding hydrogens is 430 g/mol. The van der Waals surface area contributed by atoms with E-state index in [4.69, 9.17) is 19.3 Å². The van der Waals surface area contributed by atoms with Gasteiger partial charge in [0, 0.05) is 35.8 Å². The van der Waals surface area contributed by atoms with E-state index in [0.29, 0.717) is 35.8 Å². The standard InChI is InChI=1S/C27H27N3O4/c1-18-8-9-20(29-10-12-34-13-11-29)16-25(18)30-27(31)24-7-5-4-6-23(24)26(28-30)19-14-21(32-2)17-22(15-19)33-3/h4-9,14-17H,10-13H2,1-3H3. The lowest BCUT2D eigenvalue weighted by Crippen LogP contribution is -2.36. The number of methoxy groups -OCH3 is 2. The van der Waals surface area contributed by atoms with Crippen LogP contribution in [0.2, 0.25) is 0 Å². The summed E-state index contributed by atoms with van der Waals surface area (Å²) in [6.45, 7) is 5.02. The van der Waals surface area contributed by atoms with Crippen LogP contribution in [0, 0.1) is 6.92 Å². The van der Waals surface area contributed by atoms with Crippen LogP contribution in [0.25, 0.3) is 27.7 Å². The Morgan fingerprint density at radius 1 is 0.882 bits per heavy atom. The fourth-order valence-electron chi connectivity index (χ4n) is 4.35. The summed E-state index contributed by atoms with van der Waals surface area (Å²) in [6.07, 6.45) is 0. The van der Waals surface area contributed by atoms with E-state index < -0.39 is 0 Å². The van der Waals surface area contributed by atoms with E-state index in [1.54, 1.807) is 14.2 Å². The second-order valence-electron chi connectivity index (χ2n) is 8.28. The highest BCUT2D eigenvalue weighted by molar-refractivity contribution is 5.94. The number of nitrogens with zero attached hydrogens (tertiary/aromatic N) is 3. The van der Waals surface area contributed by atoms with Crippen molar-refractivity contribution < 1.29 is 14.2 Å². The first-order chi connectivity index (χ1) is 16.6. The molecule has 0 N–H and O–H groups in total. The molecule has 4 aromatic rings. The van der Waals surface area contributed by atoms with Gasteiger partial charge in [0.05, 0.1) is 44.2 Å². The van der Waals surface area contributed by atoms with Crippen molar-refractivity contribution in [1.29, 1.82) is 0 Å². The topological polar surface area (TPSA) is 65.8 Å². The van der Waals surface area contributed by atoms with E-state index in [-0.39, 0.29) is 5.56 Å². The molecule has 0 saturated carbocycles. The molecule has 1 aliphatic rings. The Morgan fingerprint density at radius 3 is 2.24 bits per heavy atom. The number of hydrogen-bond donors (Lipinski definition) is 0. The molecule has 0 bridgehead atoms. The smallest absolute Gasteiger partial charge is 0.279 e. The fraction of sp³-hybridized carbons (Fsp3) is 0.259. The number of hydrogen-bond acceptors (Lipinski definition) is 6. The first-order valence-corrected chi connectivity index (χ1v) is 11.3.